The van der Waals surface area contributed by atoms with Gasteiger partial charge < -0.3 is 34.7 Å². The summed E-state index contributed by atoms with van der Waals surface area (Å²) < 4.78 is 13.6. The summed E-state index contributed by atoms with van der Waals surface area (Å²) in [6, 6.07) is 0. The van der Waals surface area contributed by atoms with Gasteiger partial charge in [0.15, 0.2) is 6.29 Å². The van der Waals surface area contributed by atoms with Crippen LogP contribution in [-0.2, 0) is 9.30 Å². The van der Waals surface area contributed by atoms with Crippen LogP contribution in [0.25, 0.3) is 0 Å². The van der Waals surface area contributed by atoms with E-state index in [9.17, 15) is 0 Å². The molecule has 3 atom stereocenters. The van der Waals surface area contributed by atoms with Crippen LogP contribution in [0.5, 0.6) is 0 Å². The molecule has 6 N–H and O–H groups in total. The molecule has 0 spiro atoms. The minimum absolute atomic E-state index is 0.200. The van der Waals surface area contributed by atoms with E-state index in [1.165, 1.54) is 0 Å². The number of rotatable bonds is 1. The Kier molecular flexibility index (Phi) is 5.72. The second-order valence-corrected chi connectivity index (χ2v) is 3.65. The van der Waals surface area contributed by atoms with E-state index in [4.69, 9.17) is 34.6 Å². The van der Waals surface area contributed by atoms with Gasteiger partial charge in [-0.3, -0.25) is 0 Å². The number of hydrogen-bond donors (Lipinski definition) is 6. The van der Waals surface area contributed by atoms with Crippen LogP contribution in [0.2, 0.25) is 0 Å². The third-order valence-electron chi connectivity index (χ3n) is 1.38. The molecule has 86 valence electrons. The second-order valence-electron chi connectivity index (χ2n) is 2.63. The summed E-state index contributed by atoms with van der Waals surface area (Å²) in [4.78, 5) is 21.6. The molecule has 1 rings (SSSR count). The molecule has 1 aliphatic heterocycles. The topological polar surface area (TPSA) is 148 Å². The van der Waals surface area contributed by atoms with Gasteiger partial charge in [0.05, 0.1) is 12.7 Å². The summed E-state index contributed by atoms with van der Waals surface area (Å²) in [7, 11) is -4.64. The van der Waals surface area contributed by atoms with Gasteiger partial charge in [0, 0.05) is 6.42 Å². The average molecular weight is 232 g/mol. The summed E-state index contributed by atoms with van der Waals surface area (Å²) in [6.07, 6.45) is -2.02. The molecule has 0 aromatic heterocycles. The van der Waals surface area contributed by atoms with Crippen molar-refractivity contribution in [2.75, 3.05) is 6.61 Å². The van der Waals surface area contributed by atoms with Crippen LogP contribution >= 0.6 is 7.82 Å². The first-order chi connectivity index (χ1) is 6.24. The van der Waals surface area contributed by atoms with Crippen LogP contribution in [0.3, 0.4) is 0 Å². The predicted molar refractivity (Wildman–Crippen MR) is 42.9 cm³/mol. The summed E-state index contributed by atoms with van der Waals surface area (Å²) in [5.74, 6) is 0. The fourth-order valence-electron chi connectivity index (χ4n) is 0.871. The number of aliphatic hydroxyl groups excluding tert-OH is 3. The van der Waals surface area contributed by atoms with Gasteiger partial charge in [0.2, 0.25) is 0 Å². The Morgan fingerprint density at radius 3 is 1.86 bits per heavy atom. The van der Waals surface area contributed by atoms with Crippen LogP contribution in [0.1, 0.15) is 6.42 Å². The van der Waals surface area contributed by atoms with Crippen molar-refractivity contribution in [3.8, 4) is 0 Å². The maximum atomic E-state index is 8.91. The minimum atomic E-state index is -4.64. The fourth-order valence-corrected chi connectivity index (χ4v) is 0.871. The van der Waals surface area contributed by atoms with E-state index in [0.29, 0.717) is 0 Å². The second kappa shape index (κ2) is 5.74. The third-order valence-corrected chi connectivity index (χ3v) is 1.38. The van der Waals surface area contributed by atoms with Crippen molar-refractivity contribution in [2.24, 2.45) is 0 Å². The van der Waals surface area contributed by atoms with Crippen molar-refractivity contribution in [3.05, 3.63) is 0 Å². The summed E-state index contributed by atoms with van der Waals surface area (Å²) >= 11 is 0. The van der Waals surface area contributed by atoms with E-state index in [0.717, 1.165) is 0 Å². The van der Waals surface area contributed by atoms with Gasteiger partial charge in [-0.1, -0.05) is 0 Å². The van der Waals surface area contributed by atoms with Crippen molar-refractivity contribution in [1.82, 2.24) is 0 Å². The first kappa shape index (κ1) is 13.9. The van der Waals surface area contributed by atoms with Crippen molar-refractivity contribution in [3.63, 3.8) is 0 Å². The summed E-state index contributed by atoms with van der Waals surface area (Å²) in [6.45, 7) is -0.238. The molecule has 0 bridgehead atoms. The van der Waals surface area contributed by atoms with Crippen molar-refractivity contribution >= 4 is 7.82 Å². The van der Waals surface area contributed by atoms with Gasteiger partial charge >= 0.3 is 7.82 Å². The normalized spacial score (nSPS) is 32.3. The third kappa shape index (κ3) is 7.36. The monoisotopic (exact) mass is 232 g/mol. The molecule has 0 aromatic rings. The van der Waals surface area contributed by atoms with E-state index < -0.39 is 26.3 Å². The smallest absolute Gasteiger partial charge is 0.394 e. The molecule has 0 aliphatic carbocycles. The molecule has 0 aromatic carbocycles. The first-order valence-corrected chi connectivity index (χ1v) is 5.21. The zero-order valence-electron chi connectivity index (χ0n) is 7.09. The van der Waals surface area contributed by atoms with Crippen LogP contribution in [-0.4, -0.2) is 55.1 Å². The molecule has 8 nitrogen and oxygen atoms in total. The Balaban J connectivity index is 0.000000292. The molecule has 0 amide bonds. The lowest BCUT2D eigenvalue weighted by atomic mass is 10.2. The van der Waals surface area contributed by atoms with E-state index in [2.05, 4.69) is 4.74 Å². The molecule has 0 saturated carbocycles. The first-order valence-electron chi connectivity index (χ1n) is 3.64. The molecule has 1 fully saturated rings. The van der Waals surface area contributed by atoms with E-state index in [1.54, 1.807) is 0 Å². The Bertz CT molecular complexity index is 194. The lowest BCUT2D eigenvalue weighted by Crippen LogP contribution is -2.24. The number of aliphatic hydroxyl groups is 3. The summed E-state index contributed by atoms with van der Waals surface area (Å²) in [5, 5.41) is 26.1. The van der Waals surface area contributed by atoms with Crippen molar-refractivity contribution < 1.29 is 39.3 Å². The zero-order valence-corrected chi connectivity index (χ0v) is 7.99. The van der Waals surface area contributed by atoms with Gasteiger partial charge in [-0.25, -0.2) is 4.57 Å². The molecule has 1 saturated heterocycles. The van der Waals surface area contributed by atoms with Gasteiger partial charge in [0.1, 0.15) is 6.10 Å². The summed E-state index contributed by atoms with van der Waals surface area (Å²) in [5.41, 5.74) is 0. The van der Waals surface area contributed by atoms with Crippen molar-refractivity contribution in [2.45, 2.75) is 24.9 Å². The van der Waals surface area contributed by atoms with Gasteiger partial charge in [-0.2, -0.15) is 0 Å². The van der Waals surface area contributed by atoms with E-state index >= 15 is 0 Å². The molecule has 14 heavy (non-hydrogen) atoms. The van der Waals surface area contributed by atoms with Crippen LogP contribution in [0.4, 0.5) is 0 Å². The maximum Gasteiger partial charge on any atom is 0.466 e. The average Bonchev–Trinajstić information content (AvgIpc) is 2.25. The number of hydrogen-bond acceptors (Lipinski definition) is 5. The number of phosphoric acid groups is 1. The lowest BCUT2D eigenvalue weighted by Gasteiger charge is -2.08. The number of ether oxygens (including phenoxy) is 1. The van der Waals surface area contributed by atoms with Gasteiger partial charge in [-0.15, -0.1) is 0 Å². The lowest BCUT2D eigenvalue weighted by molar-refractivity contribution is -0.107. The van der Waals surface area contributed by atoms with E-state index in [-0.39, 0.29) is 13.0 Å². The Morgan fingerprint density at radius 1 is 1.29 bits per heavy atom. The molecule has 1 aliphatic rings. The predicted octanol–water partition coefficient (Wildman–Crippen LogP) is -2.48. The molecule has 1 heterocycles. The van der Waals surface area contributed by atoms with Crippen LogP contribution in [0, 0.1) is 0 Å². The van der Waals surface area contributed by atoms with Crippen LogP contribution in [0.15, 0.2) is 0 Å². The molecular formula is C5H13O8P. The molecule has 1 unspecified atom stereocenters. The highest BCUT2D eigenvalue weighted by Crippen LogP contribution is 2.25. The molecule has 9 heteroatoms. The zero-order chi connectivity index (χ0) is 11.4. The SMILES string of the molecule is O=P(O)(O)O.OC[C@H]1OC(O)C[C@@H]1O. The molecule has 0 radical (unpaired) electrons. The van der Waals surface area contributed by atoms with E-state index in [1.807, 2.05) is 0 Å². The van der Waals surface area contributed by atoms with Crippen molar-refractivity contribution in [1.29, 1.82) is 0 Å². The largest absolute Gasteiger partial charge is 0.466 e. The highest BCUT2D eigenvalue weighted by Gasteiger charge is 2.31. The Hall–Kier alpha value is -0.0500. The highest BCUT2D eigenvalue weighted by atomic mass is 31.2. The Labute approximate surface area is 79.6 Å². The van der Waals surface area contributed by atoms with Gasteiger partial charge in [-0.05, 0) is 0 Å². The standard InChI is InChI=1S/C5H10O4.H3O4P/c6-2-4-3(7)1-5(8)9-4;1-5(2,3)4/h3-8H,1-2H2;(H3,1,2,3,4)/t3-,4+,5?;/m0./s1. The quantitative estimate of drug-likeness (QED) is 0.272. The maximum absolute atomic E-state index is 8.91. The van der Waals surface area contributed by atoms with Crippen LogP contribution < -0.4 is 0 Å². The minimum Gasteiger partial charge on any atom is -0.394 e. The Morgan fingerprint density at radius 2 is 1.71 bits per heavy atom. The highest BCUT2D eigenvalue weighted by molar-refractivity contribution is 7.45. The van der Waals surface area contributed by atoms with Gasteiger partial charge in [0.25, 0.3) is 0 Å². The fraction of sp³-hybridized carbons (Fsp3) is 1.00. The molecular weight excluding hydrogens is 219 g/mol.